The summed E-state index contributed by atoms with van der Waals surface area (Å²) < 4.78 is 11.1. The second-order valence-electron chi connectivity index (χ2n) is 7.07. The fourth-order valence-corrected chi connectivity index (χ4v) is 3.19. The monoisotopic (exact) mass is 307 g/mol. The maximum atomic E-state index is 12.4. The van der Waals surface area contributed by atoms with E-state index in [9.17, 15) is 9.59 Å². The van der Waals surface area contributed by atoms with Crippen molar-refractivity contribution in [3.63, 3.8) is 0 Å². The number of rotatable bonds is 3. The van der Waals surface area contributed by atoms with E-state index in [2.05, 4.69) is 5.92 Å². The highest BCUT2D eigenvalue weighted by Gasteiger charge is 2.44. The highest BCUT2D eigenvalue weighted by Crippen LogP contribution is 2.34. The van der Waals surface area contributed by atoms with E-state index in [1.807, 2.05) is 20.8 Å². The predicted octanol–water partition coefficient (Wildman–Crippen LogP) is 2.38. The molecule has 5 heteroatoms. The van der Waals surface area contributed by atoms with Gasteiger partial charge >= 0.3 is 6.09 Å². The summed E-state index contributed by atoms with van der Waals surface area (Å²) >= 11 is 0. The third kappa shape index (κ3) is 4.01. The van der Waals surface area contributed by atoms with E-state index in [0.29, 0.717) is 38.9 Å². The minimum Gasteiger partial charge on any atom is -0.444 e. The van der Waals surface area contributed by atoms with Crippen LogP contribution >= 0.6 is 0 Å². The van der Waals surface area contributed by atoms with Crippen molar-refractivity contribution in [3.05, 3.63) is 0 Å². The lowest BCUT2D eigenvalue weighted by Crippen LogP contribution is -2.60. The highest BCUT2D eigenvalue weighted by molar-refractivity contribution is 5.82. The van der Waals surface area contributed by atoms with Gasteiger partial charge in [0.15, 0.2) is 0 Å². The van der Waals surface area contributed by atoms with Crippen molar-refractivity contribution in [2.24, 2.45) is 5.92 Å². The maximum Gasteiger partial charge on any atom is 0.410 e. The van der Waals surface area contributed by atoms with Gasteiger partial charge in [0, 0.05) is 18.8 Å². The topological polar surface area (TPSA) is 55.8 Å². The molecular weight excluding hydrogens is 282 g/mol. The van der Waals surface area contributed by atoms with Crippen molar-refractivity contribution < 1.29 is 19.1 Å². The molecule has 0 aromatic rings. The molecular formula is C17H25NO4. The molecule has 2 saturated heterocycles. The molecule has 0 radical (unpaired) electrons. The van der Waals surface area contributed by atoms with E-state index < -0.39 is 5.60 Å². The SMILES string of the molecule is C#CCCC(=O)C1CC2COCC(C1)N2C(=O)OC(C)(C)C. The second kappa shape index (κ2) is 6.70. The lowest BCUT2D eigenvalue weighted by Gasteiger charge is -2.47. The van der Waals surface area contributed by atoms with Gasteiger partial charge in [0.25, 0.3) is 0 Å². The fourth-order valence-electron chi connectivity index (χ4n) is 3.19. The molecule has 2 aliphatic heterocycles. The van der Waals surface area contributed by atoms with Gasteiger partial charge < -0.3 is 9.47 Å². The predicted molar refractivity (Wildman–Crippen MR) is 82.3 cm³/mol. The molecule has 2 bridgehead atoms. The number of terminal acetylenes is 1. The van der Waals surface area contributed by atoms with Crippen LogP contribution in [0.15, 0.2) is 0 Å². The number of Topliss-reactive ketones (excluding diaryl/α,β-unsaturated/α-hetero) is 1. The molecule has 0 aromatic heterocycles. The molecule has 0 saturated carbocycles. The molecule has 2 unspecified atom stereocenters. The van der Waals surface area contributed by atoms with Crippen molar-refractivity contribution >= 4 is 11.9 Å². The fraction of sp³-hybridized carbons (Fsp3) is 0.765. The van der Waals surface area contributed by atoms with E-state index in [1.165, 1.54) is 0 Å². The maximum absolute atomic E-state index is 12.4. The van der Waals surface area contributed by atoms with Crippen LogP contribution < -0.4 is 0 Å². The Morgan fingerprint density at radius 3 is 2.36 bits per heavy atom. The Bertz CT molecular complexity index is 460. The van der Waals surface area contributed by atoms with E-state index in [0.717, 1.165) is 0 Å². The molecule has 0 aliphatic carbocycles. The Morgan fingerprint density at radius 2 is 1.86 bits per heavy atom. The van der Waals surface area contributed by atoms with Crippen LogP contribution in [0.25, 0.3) is 0 Å². The number of nitrogens with zero attached hydrogens (tertiary/aromatic N) is 1. The number of ether oxygens (including phenoxy) is 2. The van der Waals surface area contributed by atoms with Crippen molar-refractivity contribution in [3.8, 4) is 12.3 Å². The van der Waals surface area contributed by atoms with E-state index in [1.54, 1.807) is 4.90 Å². The van der Waals surface area contributed by atoms with Crippen LogP contribution in [-0.2, 0) is 14.3 Å². The second-order valence-corrected chi connectivity index (χ2v) is 7.07. The zero-order chi connectivity index (χ0) is 16.3. The van der Waals surface area contributed by atoms with Gasteiger partial charge in [-0.25, -0.2) is 4.79 Å². The lowest BCUT2D eigenvalue weighted by molar-refractivity contribution is -0.132. The number of fused-ring (bicyclic) bond motifs is 2. The number of carbonyl (C=O) groups is 2. The Balaban J connectivity index is 2.04. The van der Waals surface area contributed by atoms with Crippen LogP contribution in [0.3, 0.4) is 0 Å². The molecule has 0 spiro atoms. The molecule has 2 atom stereocenters. The quantitative estimate of drug-likeness (QED) is 0.751. The number of hydrogen-bond donors (Lipinski definition) is 0. The van der Waals surface area contributed by atoms with Gasteiger partial charge in [0.1, 0.15) is 11.4 Å². The molecule has 2 fully saturated rings. The minimum absolute atomic E-state index is 0.0223. The number of carbonyl (C=O) groups excluding carboxylic acids is 2. The smallest absolute Gasteiger partial charge is 0.410 e. The van der Waals surface area contributed by atoms with Crippen molar-refractivity contribution in [1.29, 1.82) is 0 Å². The molecule has 5 nitrogen and oxygen atoms in total. The third-order valence-corrected chi connectivity index (χ3v) is 4.10. The van der Waals surface area contributed by atoms with Crippen molar-refractivity contribution in [1.82, 2.24) is 4.90 Å². The largest absolute Gasteiger partial charge is 0.444 e. The van der Waals surface area contributed by atoms with Crippen molar-refractivity contribution in [2.45, 2.75) is 64.1 Å². The molecule has 1 amide bonds. The summed E-state index contributed by atoms with van der Waals surface area (Å²) in [5.74, 6) is 2.70. The number of amides is 1. The summed E-state index contributed by atoms with van der Waals surface area (Å²) in [7, 11) is 0. The zero-order valence-electron chi connectivity index (χ0n) is 13.6. The average Bonchev–Trinajstić information content (AvgIpc) is 2.41. The van der Waals surface area contributed by atoms with Gasteiger partial charge in [-0.05, 0) is 33.6 Å². The van der Waals surface area contributed by atoms with Crippen LogP contribution in [0.2, 0.25) is 0 Å². The molecule has 2 heterocycles. The van der Waals surface area contributed by atoms with Gasteiger partial charge in [-0.15, -0.1) is 12.3 Å². The van der Waals surface area contributed by atoms with Crippen LogP contribution in [0.1, 0.15) is 46.5 Å². The molecule has 122 valence electrons. The highest BCUT2D eigenvalue weighted by atomic mass is 16.6. The van der Waals surface area contributed by atoms with Crippen LogP contribution in [-0.4, -0.2) is 47.7 Å². The minimum atomic E-state index is -0.522. The number of ketones is 1. The van der Waals surface area contributed by atoms with Crippen LogP contribution in [0.5, 0.6) is 0 Å². The van der Waals surface area contributed by atoms with Gasteiger partial charge in [-0.3, -0.25) is 9.69 Å². The molecule has 22 heavy (non-hydrogen) atoms. The van der Waals surface area contributed by atoms with E-state index in [4.69, 9.17) is 15.9 Å². The van der Waals surface area contributed by atoms with Crippen LogP contribution in [0, 0.1) is 18.3 Å². The van der Waals surface area contributed by atoms with Gasteiger partial charge in [0.05, 0.1) is 25.3 Å². The van der Waals surface area contributed by atoms with Gasteiger partial charge in [-0.2, -0.15) is 0 Å². The van der Waals surface area contributed by atoms with Gasteiger partial charge in [-0.1, -0.05) is 0 Å². The third-order valence-electron chi connectivity index (χ3n) is 4.10. The first kappa shape index (κ1) is 16.8. The summed E-state index contributed by atoms with van der Waals surface area (Å²) in [5, 5.41) is 0. The van der Waals surface area contributed by atoms with Gasteiger partial charge in [0.2, 0.25) is 0 Å². The summed E-state index contributed by atoms with van der Waals surface area (Å²) in [5.41, 5.74) is -0.522. The van der Waals surface area contributed by atoms with Crippen molar-refractivity contribution in [2.75, 3.05) is 13.2 Å². The first-order valence-electron chi connectivity index (χ1n) is 7.87. The summed E-state index contributed by atoms with van der Waals surface area (Å²) in [4.78, 5) is 26.4. The Kier molecular flexibility index (Phi) is 5.12. The molecule has 0 N–H and O–H groups in total. The Morgan fingerprint density at radius 1 is 1.27 bits per heavy atom. The Labute approximate surface area is 132 Å². The first-order chi connectivity index (χ1) is 10.3. The molecule has 2 aliphatic rings. The molecule has 0 aromatic carbocycles. The van der Waals surface area contributed by atoms with E-state index in [-0.39, 0.29) is 29.9 Å². The lowest BCUT2D eigenvalue weighted by atomic mass is 9.81. The number of hydrogen-bond acceptors (Lipinski definition) is 4. The van der Waals surface area contributed by atoms with E-state index >= 15 is 0 Å². The summed E-state index contributed by atoms with van der Waals surface area (Å²) in [6.45, 7) is 6.50. The summed E-state index contributed by atoms with van der Waals surface area (Å²) in [6, 6.07) is -0.163. The standard InChI is InChI=1S/C17H25NO4/c1-5-6-7-15(19)12-8-13-10-21-11-14(9-12)18(13)16(20)22-17(2,3)4/h1,12-14H,6-11H2,2-4H3. The van der Waals surface area contributed by atoms with Crippen LogP contribution in [0.4, 0.5) is 4.79 Å². The summed E-state index contributed by atoms with van der Waals surface area (Å²) in [6.07, 6.45) is 7.11. The number of morpholine rings is 1. The number of piperidine rings is 1. The normalized spacial score (nSPS) is 27.9. The Hall–Kier alpha value is -1.54. The first-order valence-corrected chi connectivity index (χ1v) is 7.87. The average molecular weight is 307 g/mol. The zero-order valence-corrected chi connectivity index (χ0v) is 13.6. The molecule has 2 rings (SSSR count).